The van der Waals surface area contributed by atoms with Gasteiger partial charge in [-0.25, -0.2) is 4.79 Å². The molecular weight excluding hydrogens is 284 g/mol. The van der Waals surface area contributed by atoms with Crippen LogP contribution in [-0.2, 0) is 9.53 Å². The molecule has 112 valence electrons. The number of rotatable bonds is 4. The van der Waals surface area contributed by atoms with Gasteiger partial charge in [-0.05, 0) is 22.3 Å². The molecule has 0 unspecified atom stereocenters. The van der Waals surface area contributed by atoms with E-state index in [1.165, 1.54) is 0 Å². The molecule has 1 aliphatic carbocycles. The minimum Gasteiger partial charge on any atom is -0.480 e. The van der Waals surface area contributed by atoms with Crippen LogP contribution in [0.3, 0.4) is 0 Å². The van der Waals surface area contributed by atoms with Crippen molar-refractivity contribution in [3.63, 3.8) is 0 Å². The first kappa shape index (κ1) is 14.1. The van der Waals surface area contributed by atoms with Crippen molar-refractivity contribution < 1.29 is 19.4 Å². The Bertz CT molecular complexity index is 681. The number of hydrogen-bond acceptors (Lipinski definition) is 3. The molecule has 3 rings (SSSR count). The molecule has 22 heavy (non-hydrogen) atoms. The van der Waals surface area contributed by atoms with E-state index in [2.05, 4.69) is 17.4 Å². The topological polar surface area (TPSA) is 75.6 Å². The summed E-state index contributed by atoms with van der Waals surface area (Å²) in [6.45, 7) is -0.268. The third-order valence-corrected chi connectivity index (χ3v) is 3.73. The third-order valence-electron chi connectivity index (χ3n) is 3.73. The molecule has 5 nitrogen and oxygen atoms in total. The second-order valence-electron chi connectivity index (χ2n) is 5.07. The van der Waals surface area contributed by atoms with Crippen LogP contribution in [0, 0.1) is 0 Å². The van der Waals surface area contributed by atoms with Crippen LogP contribution in [0.4, 0.5) is 4.79 Å². The molecule has 0 aliphatic heterocycles. The average molecular weight is 299 g/mol. The lowest BCUT2D eigenvalue weighted by atomic mass is 9.98. The van der Waals surface area contributed by atoms with Crippen molar-refractivity contribution >= 4 is 12.1 Å². The summed E-state index contributed by atoms with van der Waals surface area (Å²) in [6.07, 6.45) is -0.718. The first-order chi connectivity index (χ1) is 10.7. The van der Waals surface area contributed by atoms with Crippen molar-refractivity contribution in [3.8, 4) is 11.1 Å². The Balaban J connectivity index is 1.77. The number of alkyl carbamates (subject to hydrolysis) is 1. The molecule has 2 aromatic carbocycles. The lowest BCUT2D eigenvalue weighted by Crippen LogP contribution is -2.30. The van der Waals surface area contributed by atoms with Gasteiger partial charge in [0.2, 0.25) is 0 Å². The molecule has 0 aromatic heterocycles. The van der Waals surface area contributed by atoms with Gasteiger partial charge in [-0.15, -0.1) is 0 Å². The van der Waals surface area contributed by atoms with Crippen LogP contribution >= 0.6 is 0 Å². The van der Waals surface area contributed by atoms with Gasteiger partial charge in [0.1, 0.15) is 13.2 Å². The van der Waals surface area contributed by atoms with E-state index in [1.807, 2.05) is 36.4 Å². The van der Waals surface area contributed by atoms with Gasteiger partial charge in [0.15, 0.2) is 0 Å². The number of ether oxygens (including phenoxy) is 1. The summed E-state index contributed by atoms with van der Waals surface area (Å²) in [5, 5.41) is 10.7. The predicted molar refractivity (Wildman–Crippen MR) is 80.7 cm³/mol. The summed E-state index contributed by atoms with van der Waals surface area (Å²) in [5.74, 6) is -1.13. The van der Waals surface area contributed by atoms with Crippen molar-refractivity contribution in [1.29, 1.82) is 0 Å². The number of nitrogens with one attached hydrogen (secondary N) is 1. The zero-order valence-corrected chi connectivity index (χ0v) is 11.8. The molecule has 2 aromatic rings. The molecular formula is C17H15NO4. The summed E-state index contributed by atoms with van der Waals surface area (Å²) in [7, 11) is 0. The van der Waals surface area contributed by atoms with Gasteiger partial charge in [-0.3, -0.25) is 4.79 Å². The maximum Gasteiger partial charge on any atom is 0.407 e. The standard InChI is InChI=1S/C17H15NO4/c19-16(20)9-18-17(21)22-10-15-13-7-3-1-5-11(13)12-6-2-4-8-14(12)15/h1-8,15H,9-10H2,(H,18,21)(H,19,20)/i16+1,18+1. The highest BCUT2D eigenvalue weighted by molar-refractivity contribution is 5.79. The van der Waals surface area contributed by atoms with Gasteiger partial charge in [0.25, 0.3) is 0 Å². The van der Waals surface area contributed by atoms with Crippen LogP contribution in [0.2, 0.25) is 0 Å². The Morgan fingerprint density at radius 3 is 2.09 bits per heavy atom. The SMILES string of the molecule is O=C([15NH]C[13C](=O)O)OCC1c2ccccc2-c2ccccc21. The number of carboxylic acids is 1. The molecule has 0 bridgehead atoms. The maximum atomic E-state index is 11.5. The van der Waals surface area contributed by atoms with Gasteiger partial charge in [0.05, 0.1) is 0 Å². The highest BCUT2D eigenvalue weighted by Crippen LogP contribution is 2.44. The minimum absolute atomic E-state index is 0.0250. The Labute approximate surface area is 127 Å². The molecule has 0 spiro atoms. The van der Waals surface area contributed by atoms with Crippen molar-refractivity contribution in [2.24, 2.45) is 0 Å². The fourth-order valence-electron chi connectivity index (χ4n) is 2.80. The van der Waals surface area contributed by atoms with E-state index in [1.54, 1.807) is 0 Å². The number of amides is 1. The van der Waals surface area contributed by atoms with E-state index in [0.29, 0.717) is 0 Å². The second kappa shape index (κ2) is 5.89. The second-order valence-corrected chi connectivity index (χ2v) is 5.07. The smallest absolute Gasteiger partial charge is 0.407 e. The summed E-state index contributed by atoms with van der Waals surface area (Å²) in [4.78, 5) is 22.0. The molecule has 1 aliphatic rings. The molecule has 1 amide bonds. The zero-order chi connectivity index (χ0) is 15.5. The fourth-order valence-corrected chi connectivity index (χ4v) is 2.80. The molecule has 0 saturated heterocycles. The van der Waals surface area contributed by atoms with Crippen LogP contribution in [0.5, 0.6) is 0 Å². The number of carbonyl (C=O) groups excluding carboxylic acids is 1. The predicted octanol–water partition coefficient (Wildman–Crippen LogP) is 2.61. The third kappa shape index (κ3) is 2.65. The van der Waals surface area contributed by atoms with E-state index < -0.39 is 18.6 Å². The zero-order valence-electron chi connectivity index (χ0n) is 11.8. The van der Waals surface area contributed by atoms with E-state index in [9.17, 15) is 9.59 Å². The van der Waals surface area contributed by atoms with E-state index >= 15 is 0 Å². The molecule has 0 fully saturated rings. The average Bonchev–Trinajstić information content (AvgIpc) is 2.85. The molecule has 0 heterocycles. The van der Waals surface area contributed by atoms with Crippen LogP contribution < -0.4 is 5.32 Å². The summed E-state index contributed by atoms with van der Waals surface area (Å²) >= 11 is 0. The molecule has 0 saturated carbocycles. The Morgan fingerprint density at radius 2 is 1.55 bits per heavy atom. The summed E-state index contributed by atoms with van der Waals surface area (Å²) in [6, 6.07) is 16.1. The maximum absolute atomic E-state index is 11.5. The lowest BCUT2D eigenvalue weighted by Gasteiger charge is -2.14. The van der Waals surface area contributed by atoms with Gasteiger partial charge in [-0.1, -0.05) is 48.5 Å². The first-order valence-corrected chi connectivity index (χ1v) is 6.97. The normalized spacial score (nSPS) is 12.4. The van der Waals surface area contributed by atoms with Crippen LogP contribution in [0.1, 0.15) is 17.0 Å². The van der Waals surface area contributed by atoms with Crippen molar-refractivity contribution in [1.82, 2.24) is 5.32 Å². The van der Waals surface area contributed by atoms with Gasteiger partial charge >= 0.3 is 12.1 Å². The number of aliphatic carboxylic acids is 1. The Morgan fingerprint density at radius 1 is 1.00 bits per heavy atom. The van der Waals surface area contributed by atoms with E-state index in [0.717, 1.165) is 22.3 Å². The Hall–Kier alpha value is -2.82. The molecule has 5 heteroatoms. The number of hydrogen-bond donors (Lipinski definition) is 2. The number of fused-ring (bicyclic) bond motifs is 3. The van der Waals surface area contributed by atoms with E-state index in [-0.39, 0.29) is 12.5 Å². The largest absolute Gasteiger partial charge is 0.480 e. The molecule has 0 radical (unpaired) electrons. The highest BCUT2D eigenvalue weighted by Gasteiger charge is 2.28. The quantitative estimate of drug-likeness (QED) is 0.672. The number of carboxylic acid groups (broad SMARTS) is 1. The number of carbonyl (C=O) groups is 2. The summed E-state index contributed by atoms with van der Waals surface area (Å²) < 4.78 is 5.18. The van der Waals surface area contributed by atoms with Crippen molar-refractivity contribution in [3.05, 3.63) is 59.7 Å². The van der Waals surface area contributed by atoms with Crippen LogP contribution in [0.15, 0.2) is 48.5 Å². The molecule has 0 atom stereocenters. The van der Waals surface area contributed by atoms with Gasteiger partial charge < -0.3 is 15.2 Å². The fraction of sp³-hybridized carbons (Fsp3) is 0.176. The summed E-state index contributed by atoms with van der Waals surface area (Å²) in [5.41, 5.74) is 4.54. The van der Waals surface area contributed by atoms with Crippen LogP contribution in [-0.4, -0.2) is 30.3 Å². The van der Waals surface area contributed by atoms with Crippen molar-refractivity contribution in [2.45, 2.75) is 5.92 Å². The van der Waals surface area contributed by atoms with E-state index in [4.69, 9.17) is 9.84 Å². The van der Waals surface area contributed by atoms with Crippen LogP contribution in [0.25, 0.3) is 11.1 Å². The van der Waals surface area contributed by atoms with Gasteiger partial charge in [-0.2, -0.15) is 0 Å². The molecule has 2 N–H and O–H groups in total. The number of benzene rings is 2. The Kier molecular flexibility index (Phi) is 3.78. The highest BCUT2D eigenvalue weighted by atomic mass is 16.6. The monoisotopic (exact) mass is 299 g/mol. The first-order valence-electron chi connectivity index (χ1n) is 6.97. The minimum atomic E-state index is -1.10. The van der Waals surface area contributed by atoms with Crippen molar-refractivity contribution in [2.75, 3.05) is 13.2 Å². The lowest BCUT2D eigenvalue weighted by molar-refractivity contribution is -0.135. The van der Waals surface area contributed by atoms with Gasteiger partial charge in [0, 0.05) is 5.92 Å².